The lowest BCUT2D eigenvalue weighted by molar-refractivity contribution is -0.152. The third-order valence-corrected chi connectivity index (χ3v) is 8.51. The lowest BCUT2D eigenvalue weighted by atomic mass is 9.45. The Balaban J connectivity index is 1.87. The lowest BCUT2D eigenvalue weighted by Gasteiger charge is -2.59. The van der Waals surface area contributed by atoms with Crippen molar-refractivity contribution in [2.75, 3.05) is 6.61 Å². The van der Waals surface area contributed by atoms with Gasteiger partial charge >= 0.3 is 5.97 Å². The number of esters is 1. The number of benzene rings is 1. The quantitative estimate of drug-likeness (QED) is 0.221. The molecule has 34 heavy (non-hydrogen) atoms. The summed E-state index contributed by atoms with van der Waals surface area (Å²) < 4.78 is 5.67. The molecule has 3 aliphatic rings. The molecule has 0 spiro atoms. The molecule has 2 N–H and O–H groups in total. The van der Waals surface area contributed by atoms with E-state index in [0.717, 1.165) is 30.4 Å². The van der Waals surface area contributed by atoms with Crippen LogP contribution in [0.25, 0.3) is 0 Å². The molecule has 0 amide bonds. The molecule has 190 valence electrons. The zero-order chi connectivity index (χ0) is 25.5. The Morgan fingerprint density at radius 1 is 1.06 bits per heavy atom. The van der Waals surface area contributed by atoms with E-state index in [1.165, 1.54) is 19.3 Å². The van der Waals surface area contributed by atoms with Gasteiger partial charge in [0.2, 0.25) is 0 Å². The van der Waals surface area contributed by atoms with E-state index < -0.39 is 5.41 Å². The molecule has 1 saturated carbocycles. The van der Waals surface area contributed by atoms with E-state index in [2.05, 4.69) is 40.7 Å². The molecule has 3 aliphatic carbocycles. The van der Waals surface area contributed by atoms with Gasteiger partial charge in [0.25, 0.3) is 0 Å². The summed E-state index contributed by atoms with van der Waals surface area (Å²) in [6.07, 6.45) is 8.96. The highest BCUT2D eigenvalue weighted by molar-refractivity contribution is 5.75. The molecule has 0 radical (unpaired) electrons. The van der Waals surface area contributed by atoms with Crippen LogP contribution in [0.3, 0.4) is 0 Å². The van der Waals surface area contributed by atoms with Crippen molar-refractivity contribution >= 4 is 5.97 Å². The Kier molecular flexibility index (Phi) is 7.51. The van der Waals surface area contributed by atoms with Crippen LogP contribution in [-0.2, 0) is 14.9 Å². The summed E-state index contributed by atoms with van der Waals surface area (Å²) in [5.74, 6) is 0.747. The summed E-state index contributed by atoms with van der Waals surface area (Å²) in [4.78, 5) is 12.4. The fourth-order valence-electron chi connectivity index (χ4n) is 5.95. The van der Waals surface area contributed by atoms with Crippen molar-refractivity contribution in [3.05, 3.63) is 34.9 Å². The van der Waals surface area contributed by atoms with Crippen LogP contribution < -0.4 is 0 Å². The van der Waals surface area contributed by atoms with Gasteiger partial charge in [-0.15, -0.1) is 0 Å². The van der Waals surface area contributed by atoms with E-state index in [0.29, 0.717) is 17.4 Å². The highest BCUT2D eigenvalue weighted by atomic mass is 16.5. The lowest BCUT2D eigenvalue weighted by Crippen LogP contribution is -2.52. The molecule has 0 unspecified atom stereocenters. The first kappa shape index (κ1) is 26.6. The Morgan fingerprint density at radius 3 is 2.21 bits per heavy atom. The standard InChI is InChI=1S/C30H46O4/c1-9-10-11-12-13-29(5,6)20-15-24(31)26(25(32)16-20)21-14-19(18-34-27(33)28(2,3)4)22-17-23(21)30(22,7)8/h14-16,21-23,31-32H,9-13,17-18H2,1-8H3/t21-,22+,23-/m0/s1. The van der Waals surface area contributed by atoms with Crippen molar-refractivity contribution in [3.63, 3.8) is 0 Å². The third-order valence-electron chi connectivity index (χ3n) is 8.51. The summed E-state index contributed by atoms with van der Waals surface area (Å²) in [6, 6.07) is 3.72. The van der Waals surface area contributed by atoms with Gasteiger partial charge in [0.15, 0.2) is 0 Å². The second-order valence-corrected chi connectivity index (χ2v) is 12.9. The van der Waals surface area contributed by atoms with Gasteiger partial charge in [0.1, 0.15) is 18.1 Å². The van der Waals surface area contributed by atoms with Crippen LogP contribution in [-0.4, -0.2) is 22.8 Å². The van der Waals surface area contributed by atoms with Gasteiger partial charge in [-0.1, -0.05) is 66.4 Å². The van der Waals surface area contributed by atoms with Crippen LogP contribution >= 0.6 is 0 Å². The fourth-order valence-corrected chi connectivity index (χ4v) is 5.95. The highest BCUT2D eigenvalue weighted by Crippen LogP contribution is 2.65. The minimum atomic E-state index is -0.540. The number of phenolic OH excluding ortho intramolecular Hbond substituents is 2. The summed E-state index contributed by atoms with van der Waals surface area (Å²) in [6.45, 7) is 16.9. The van der Waals surface area contributed by atoms with Gasteiger partial charge in [-0.3, -0.25) is 4.79 Å². The normalized spacial score (nSPS) is 23.8. The number of allylic oxidation sites excluding steroid dienone is 1. The van der Waals surface area contributed by atoms with E-state index >= 15 is 0 Å². The minimum absolute atomic E-state index is 0.0268. The molecule has 2 bridgehead atoms. The molecule has 1 aromatic rings. The highest BCUT2D eigenvalue weighted by Gasteiger charge is 2.56. The number of hydrogen-bond acceptors (Lipinski definition) is 4. The zero-order valence-corrected chi connectivity index (χ0v) is 22.6. The summed E-state index contributed by atoms with van der Waals surface area (Å²) in [5.41, 5.74) is 2.07. The van der Waals surface area contributed by atoms with Crippen LogP contribution in [0.1, 0.15) is 111 Å². The third kappa shape index (κ3) is 5.16. The number of carbonyl (C=O) groups excluding carboxylic acids is 1. The molecule has 0 saturated heterocycles. The van der Waals surface area contributed by atoms with Gasteiger partial charge in [0.05, 0.1) is 5.41 Å². The molecular weight excluding hydrogens is 424 g/mol. The molecule has 4 rings (SSSR count). The number of fused-ring (bicyclic) bond motifs is 1. The molecule has 1 fully saturated rings. The van der Waals surface area contributed by atoms with Crippen LogP contribution in [0.4, 0.5) is 0 Å². The maximum Gasteiger partial charge on any atom is 0.311 e. The van der Waals surface area contributed by atoms with Crippen molar-refractivity contribution < 1.29 is 19.7 Å². The van der Waals surface area contributed by atoms with Gasteiger partial charge in [-0.25, -0.2) is 0 Å². The maximum atomic E-state index is 12.4. The number of carbonyl (C=O) groups is 1. The van der Waals surface area contributed by atoms with Crippen molar-refractivity contribution in [2.24, 2.45) is 22.7 Å². The Morgan fingerprint density at radius 2 is 1.68 bits per heavy atom. The van der Waals surface area contributed by atoms with E-state index in [-0.39, 0.29) is 40.8 Å². The van der Waals surface area contributed by atoms with Gasteiger partial charge in [0, 0.05) is 11.5 Å². The van der Waals surface area contributed by atoms with Gasteiger partial charge in [-0.05, 0) is 79.5 Å². The number of ether oxygens (including phenoxy) is 1. The van der Waals surface area contributed by atoms with Crippen molar-refractivity contribution in [2.45, 2.75) is 105 Å². The topological polar surface area (TPSA) is 66.8 Å². The monoisotopic (exact) mass is 470 g/mol. The molecular formula is C30H46O4. The Hall–Kier alpha value is -1.97. The number of unbranched alkanes of at least 4 members (excludes halogenated alkanes) is 3. The smallest absolute Gasteiger partial charge is 0.311 e. The fraction of sp³-hybridized carbons (Fsp3) is 0.700. The SMILES string of the molecule is CCCCCCC(C)(C)c1cc(O)c([C@H]2C=C(COC(=O)C(C)(C)C)[C@H]3C[C@@H]2C3(C)C)c(O)c1. The molecule has 4 nitrogen and oxygen atoms in total. The van der Waals surface area contributed by atoms with Crippen molar-refractivity contribution in [1.82, 2.24) is 0 Å². The zero-order valence-electron chi connectivity index (χ0n) is 22.6. The maximum absolute atomic E-state index is 12.4. The van der Waals surface area contributed by atoms with E-state index in [1.807, 2.05) is 32.9 Å². The van der Waals surface area contributed by atoms with E-state index in [9.17, 15) is 15.0 Å². The van der Waals surface area contributed by atoms with Crippen LogP contribution in [0, 0.1) is 22.7 Å². The second-order valence-electron chi connectivity index (χ2n) is 12.9. The number of aromatic hydroxyl groups is 2. The van der Waals surface area contributed by atoms with Crippen LogP contribution in [0.2, 0.25) is 0 Å². The van der Waals surface area contributed by atoms with E-state index in [4.69, 9.17) is 4.74 Å². The molecule has 0 aliphatic heterocycles. The average molecular weight is 471 g/mol. The number of rotatable bonds is 9. The van der Waals surface area contributed by atoms with Crippen LogP contribution in [0.5, 0.6) is 11.5 Å². The molecule has 3 atom stereocenters. The first-order valence-electron chi connectivity index (χ1n) is 13.1. The Bertz CT molecular complexity index is 909. The average Bonchev–Trinajstić information content (AvgIpc) is 2.73. The van der Waals surface area contributed by atoms with Crippen LogP contribution in [0.15, 0.2) is 23.8 Å². The summed E-state index contributed by atoms with van der Waals surface area (Å²) in [7, 11) is 0. The first-order chi connectivity index (χ1) is 15.7. The summed E-state index contributed by atoms with van der Waals surface area (Å²) >= 11 is 0. The second kappa shape index (κ2) is 9.59. The Labute approximate surface area is 206 Å². The summed E-state index contributed by atoms with van der Waals surface area (Å²) in [5, 5.41) is 22.3. The first-order valence-corrected chi connectivity index (χ1v) is 13.1. The number of hydrogen-bond donors (Lipinski definition) is 2. The predicted octanol–water partition coefficient (Wildman–Crippen LogP) is 7.62. The van der Waals surface area contributed by atoms with Crippen molar-refractivity contribution in [1.29, 1.82) is 0 Å². The number of phenols is 2. The molecule has 0 heterocycles. The van der Waals surface area contributed by atoms with E-state index in [1.54, 1.807) is 0 Å². The van der Waals surface area contributed by atoms with Crippen molar-refractivity contribution in [3.8, 4) is 11.5 Å². The molecule has 4 heteroatoms. The largest absolute Gasteiger partial charge is 0.507 e. The van der Waals surface area contributed by atoms with Gasteiger partial charge in [-0.2, -0.15) is 0 Å². The molecule has 0 aromatic heterocycles. The van der Waals surface area contributed by atoms with Gasteiger partial charge < -0.3 is 14.9 Å². The molecule has 1 aromatic carbocycles. The predicted molar refractivity (Wildman–Crippen MR) is 138 cm³/mol. The minimum Gasteiger partial charge on any atom is -0.507 e.